The number of aliphatic imine (C=N–C) groups is 1. The average molecular weight is 360 g/mol. The fourth-order valence-corrected chi connectivity index (χ4v) is 3.81. The first-order chi connectivity index (χ1) is 12.8. The van der Waals surface area contributed by atoms with Gasteiger partial charge in [-0.3, -0.25) is 14.9 Å². The van der Waals surface area contributed by atoms with E-state index in [2.05, 4.69) is 40.0 Å². The number of nitrogens with one attached hydrogen (secondary N) is 1. The Morgan fingerprint density at radius 1 is 1.35 bits per heavy atom. The lowest BCUT2D eigenvalue weighted by Crippen LogP contribution is -2.42. The zero-order valence-electron chi connectivity index (χ0n) is 16.3. The van der Waals surface area contributed by atoms with Crippen LogP contribution in [0.5, 0.6) is 0 Å². The maximum Gasteiger partial charge on any atom is 0.193 e. The molecule has 1 aromatic heterocycles. The van der Waals surface area contributed by atoms with Crippen molar-refractivity contribution < 1.29 is 4.74 Å². The smallest absolute Gasteiger partial charge is 0.193 e. The maximum absolute atomic E-state index is 5.46. The highest BCUT2D eigenvalue weighted by Gasteiger charge is 2.27. The lowest BCUT2D eigenvalue weighted by Gasteiger charge is -2.29. The maximum atomic E-state index is 5.46. The minimum absolute atomic E-state index is 0.736. The fourth-order valence-electron chi connectivity index (χ4n) is 3.81. The zero-order valence-corrected chi connectivity index (χ0v) is 16.3. The first kappa shape index (κ1) is 19.1. The van der Waals surface area contributed by atoms with Crippen molar-refractivity contribution in [1.29, 1.82) is 0 Å². The van der Waals surface area contributed by atoms with E-state index in [-0.39, 0.29) is 0 Å². The van der Waals surface area contributed by atoms with E-state index in [0.29, 0.717) is 0 Å². The summed E-state index contributed by atoms with van der Waals surface area (Å²) in [7, 11) is 0. The molecule has 1 aromatic rings. The van der Waals surface area contributed by atoms with E-state index in [4.69, 9.17) is 9.73 Å². The summed E-state index contributed by atoms with van der Waals surface area (Å²) in [6.45, 7) is 13.3. The predicted molar refractivity (Wildman–Crippen MR) is 106 cm³/mol. The molecule has 0 spiro atoms. The average Bonchev–Trinajstić information content (AvgIpc) is 3.12. The van der Waals surface area contributed by atoms with Gasteiger partial charge in [-0.2, -0.15) is 0 Å². The number of ether oxygens (including phenoxy) is 1. The molecule has 0 saturated carbocycles. The Morgan fingerprint density at radius 3 is 2.96 bits per heavy atom. The molecule has 0 bridgehead atoms. The number of aromatic nitrogens is 1. The van der Waals surface area contributed by atoms with Crippen molar-refractivity contribution >= 4 is 5.96 Å². The minimum atomic E-state index is 0.736. The second-order valence-corrected chi connectivity index (χ2v) is 7.30. The molecule has 6 nitrogen and oxygen atoms in total. The van der Waals surface area contributed by atoms with Gasteiger partial charge < -0.3 is 15.0 Å². The number of guanidine groups is 1. The van der Waals surface area contributed by atoms with Crippen molar-refractivity contribution in [2.75, 3.05) is 59.0 Å². The highest BCUT2D eigenvalue weighted by Crippen LogP contribution is 2.18. The van der Waals surface area contributed by atoms with Crippen LogP contribution in [-0.4, -0.2) is 79.8 Å². The van der Waals surface area contributed by atoms with Gasteiger partial charge in [-0.15, -0.1) is 0 Å². The Morgan fingerprint density at radius 2 is 2.19 bits per heavy atom. The molecule has 0 radical (unpaired) electrons. The summed E-state index contributed by atoms with van der Waals surface area (Å²) in [4.78, 5) is 14.0. The fraction of sp³-hybridized carbons (Fsp3) is 0.700. The largest absolute Gasteiger partial charge is 0.379 e. The number of nitrogens with zero attached hydrogens (tertiary/aromatic N) is 4. The van der Waals surface area contributed by atoms with E-state index >= 15 is 0 Å². The molecular formula is C20H33N5O. The molecule has 0 amide bonds. The Hall–Kier alpha value is -1.66. The molecule has 0 aliphatic carbocycles. The van der Waals surface area contributed by atoms with Gasteiger partial charge in [0, 0.05) is 58.2 Å². The van der Waals surface area contributed by atoms with Gasteiger partial charge in [0.1, 0.15) is 0 Å². The van der Waals surface area contributed by atoms with Gasteiger partial charge in [0.15, 0.2) is 5.96 Å². The van der Waals surface area contributed by atoms with Crippen molar-refractivity contribution in [1.82, 2.24) is 20.1 Å². The molecular weight excluding hydrogens is 326 g/mol. The molecule has 1 N–H and O–H groups in total. The summed E-state index contributed by atoms with van der Waals surface area (Å²) < 4.78 is 5.46. The van der Waals surface area contributed by atoms with E-state index in [9.17, 15) is 0 Å². The van der Waals surface area contributed by atoms with Crippen molar-refractivity contribution in [3.8, 4) is 0 Å². The molecule has 0 aromatic carbocycles. The Bertz CT molecular complexity index is 585. The lowest BCUT2D eigenvalue weighted by molar-refractivity contribution is 0.0315. The third-order valence-corrected chi connectivity index (χ3v) is 5.32. The van der Waals surface area contributed by atoms with E-state index in [1.807, 2.05) is 12.4 Å². The number of rotatable bonds is 6. The molecule has 26 heavy (non-hydrogen) atoms. The number of likely N-dealkylation sites (tertiary alicyclic amines) is 1. The summed E-state index contributed by atoms with van der Waals surface area (Å²) in [5.41, 5.74) is 2.59. The highest BCUT2D eigenvalue weighted by molar-refractivity contribution is 5.80. The lowest BCUT2D eigenvalue weighted by atomic mass is 10.1. The Balaban J connectivity index is 1.51. The Kier molecular flexibility index (Phi) is 7.26. The molecule has 2 aliphatic rings. The monoisotopic (exact) mass is 359 g/mol. The van der Waals surface area contributed by atoms with Crippen molar-refractivity contribution in [2.45, 2.75) is 26.7 Å². The summed E-state index contributed by atoms with van der Waals surface area (Å²) in [6.07, 6.45) is 6.02. The second kappa shape index (κ2) is 9.88. The van der Waals surface area contributed by atoms with E-state index < -0.39 is 0 Å². The van der Waals surface area contributed by atoms with Crippen LogP contribution in [-0.2, 0) is 11.2 Å². The first-order valence-corrected chi connectivity index (χ1v) is 9.99. The normalized spacial score (nSPS) is 22.0. The molecule has 144 valence electrons. The molecule has 2 saturated heterocycles. The number of aryl methyl sites for hydroxylation is 1. The number of hydrogen-bond acceptors (Lipinski definition) is 4. The van der Waals surface area contributed by atoms with E-state index in [1.54, 1.807) is 0 Å². The van der Waals surface area contributed by atoms with Crippen LogP contribution in [0, 0.1) is 12.8 Å². The molecule has 2 fully saturated rings. The third kappa shape index (κ3) is 5.42. The van der Waals surface area contributed by atoms with Crippen LogP contribution in [0.2, 0.25) is 0 Å². The topological polar surface area (TPSA) is 53.0 Å². The van der Waals surface area contributed by atoms with Crippen LogP contribution in [0.25, 0.3) is 0 Å². The van der Waals surface area contributed by atoms with Gasteiger partial charge in [-0.1, -0.05) is 0 Å². The van der Waals surface area contributed by atoms with Crippen LogP contribution in [0.15, 0.2) is 23.5 Å². The van der Waals surface area contributed by atoms with E-state index in [1.165, 1.54) is 24.1 Å². The van der Waals surface area contributed by atoms with Crippen molar-refractivity contribution in [3.05, 3.63) is 29.6 Å². The SMILES string of the molecule is CCNC(=NCCc1ccncc1C)N1CCC(CN2CCOCC2)C1. The molecule has 3 heterocycles. The summed E-state index contributed by atoms with van der Waals surface area (Å²) in [5.74, 6) is 1.81. The van der Waals surface area contributed by atoms with Crippen molar-refractivity contribution in [3.63, 3.8) is 0 Å². The summed E-state index contributed by atoms with van der Waals surface area (Å²) in [5, 5.41) is 3.48. The molecule has 3 rings (SSSR count). The minimum Gasteiger partial charge on any atom is -0.379 e. The second-order valence-electron chi connectivity index (χ2n) is 7.30. The molecule has 6 heteroatoms. The molecule has 1 atom stereocenters. The Labute approximate surface area is 157 Å². The van der Waals surface area contributed by atoms with Crippen molar-refractivity contribution in [2.24, 2.45) is 10.9 Å². The van der Waals surface area contributed by atoms with Gasteiger partial charge >= 0.3 is 0 Å². The first-order valence-electron chi connectivity index (χ1n) is 9.99. The summed E-state index contributed by atoms with van der Waals surface area (Å²) >= 11 is 0. The number of hydrogen-bond donors (Lipinski definition) is 1. The van der Waals surface area contributed by atoms with Gasteiger partial charge in [0.25, 0.3) is 0 Å². The quantitative estimate of drug-likeness (QED) is 0.617. The van der Waals surface area contributed by atoms with E-state index in [0.717, 1.165) is 70.8 Å². The van der Waals surface area contributed by atoms with Gasteiger partial charge in [-0.05, 0) is 49.8 Å². The number of pyridine rings is 1. The van der Waals surface area contributed by atoms with Crippen LogP contribution in [0.1, 0.15) is 24.5 Å². The standard InChI is InChI=1S/C20H33N5O/c1-3-22-20(23-8-5-19-4-7-21-14-17(19)2)25-9-6-18(16-25)15-24-10-12-26-13-11-24/h4,7,14,18H,3,5-6,8-13,15-16H2,1-2H3,(H,22,23). The van der Waals surface area contributed by atoms with Crippen LogP contribution in [0.4, 0.5) is 0 Å². The predicted octanol–water partition coefficient (Wildman–Crippen LogP) is 1.55. The zero-order chi connectivity index (χ0) is 18.2. The number of morpholine rings is 1. The highest BCUT2D eigenvalue weighted by atomic mass is 16.5. The molecule has 1 unspecified atom stereocenters. The van der Waals surface area contributed by atoms with Crippen LogP contribution in [0.3, 0.4) is 0 Å². The van der Waals surface area contributed by atoms with Gasteiger partial charge in [0.2, 0.25) is 0 Å². The third-order valence-electron chi connectivity index (χ3n) is 5.32. The van der Waals surface area contributed by atoms with Crippen LogP contribution < -0.4 is 5.32 Å². The van der Waals surface area contributed by atoms with Gasteiger partial charge in [-0.25, -0.2) is 0 Å². The van der Waals surface area contributed by atoms with Gasteiger partial charge in [0.05, 0.1) is 13.2 Å². The summed E-state index contributed by atoms with van der Waals surface area (Å²) in [6, 6.07) is 2.10. The molecule has 2 aliphatic heterocycles. The van der Waals surface area contributed by atoms with Crippen LogP contribution >= 0.6 is 0 Å².